The zero-order valence-electron chi connectivity index (χ0n) is 8.68. The van der Waals surface area contributed by atoms with Crippen molar-refractivity contribution >= 4 is 0 Å². The predicted molar refractivity (Wildman–Crippen MR) is 52.6 cm³/mol. The molecule has 1 atom stereocenters. The Balaban J connectivity index is 1.90. The molecule has 1 spiro atoms. The van der Waals surface area contributed by atoms with Crippen LogP contribution in [0.5, 0.6) is 0 Å². The average Bonchev–Trinajstić information content (AvgIpc) is 2.24. The minimum Gasteiger partial charge on any atom is -0.359 e. The summed E-state index contributed by atoms with van der Waals surface area (Å²) >= 11 is 0. The molecule has 2 saturated heterocycles. The van der Waals surface area contributed by atoms with Gasteiger partial charge in [0, 0.05) is 38.5 Å². The highest BCUT2D eigenvalue weighted by Gasteiger charge is 2.39. The highest BCUT2D eigenvalue weighted by Crippen LogP contribution is 2.27. The molecule has 2 aliphatic heterocycles. The average molecular weight is 184 g/mol. The molecule has 2 heterocycles. The van der Waals surface area contributed by atoms with Gasteiger partial charge >= 0.3 is 0 Å². The van der Waals surface area contributed by atoms with E-state index in [9.17, 15) is 0 Å². The van der Waals surface area contributed by atoms with Crippen molar-refractivity contribution in [3.8, 4) is 0 Å². The van der Waals surface area contributed by atoms with Crippen molar-refractivity contribution in [2.45, 2.75) is 38.5 Å². The molecule has 1 N–H and O–H groups in total. The van der Waals surface area contributed by atoms with Gasteiger partial charge in [0.1, 0.15) is 5.72 Å². The third kappa shape index (κ3) is 1.87. The molecule has 0 aromatic heterocycles. The molecular weight excluding hydrogens is 164 g/mol. The maximum Gasteiger partial charge on any atom is 0.121 e. The van der Waals surface area contributed by atoms with Crippen LogP contribution in [-0.4, -0.2) is 42.9 Å². The molecule has 3 nitrogen and oxygen atoms in total. The summed E-state index contributed by atoms with van der Waals surface area (Å²) < 4.78 is 5.85. The van der Waals surface area contributed by atoms with Gasteiger partial charge in [-0.15, -0.1) is 0 Å². The van der Waals surface area contributed by atoms with Crippen molar-refractivity contribution in [2.24, 2.45) is 0 Å². The van der Waals surface area contributed by atoms with E-state index in [0.29, 0.717) is 6.04 Å². The second-order valence-corrected chi connectivity index (χ2v) is 4.40. The second-order valence-electron chi connectivity index (χ2n) is 4.40. The summed E-state index contributed by atoms with van der Waals surface area (Å²) in [6.45, 7) is 8.77. The summed E-state index contributed by atoms with van der Waals surface area (Å²) in [7, 11) is 0. The Morgan fingerprint density at radius 3 is 2.62 bits per heavy atom. The van der Waals surface area contributed by atoms with Crippen LogP contribution in [0.15, 0.2) is 0 Å². The van der Waals surface area contributed by atoms with Crippen molar-refractivity contribution in [3.63, 3.8) is 0 Å². The Bertz CT molecular complexity index is 178. The zero-order valence-corrected chi connectivity index (χ0v) is 8.68. The molecule has 2 fully saturated rings. The largest absolute Gasteiger partial charge is 0.359 e. The van der Waals surface area contributed by atoms with E-state index in [1.54, 1.807) is 0 Å². The number of nitrogens with zero attached hydrogens (tertiary/aromatic N) is 1. The highest BCUT2D eigenvalue weighted by molar-refractivity contribution is 4.90. The Labute approximate surface area is 80.4 Å². The van der Waals surface area contributed by atoms with Crippen molar-refractivity contribution < 1.29 is 4.74 Å². The molecule has 0 aromatic carbocycles. The summed E-state index contributed by atoms with van der Waals surface area (Å²) in [4.78, 5) is 2.49. The van der Waals surface area contributed by atoms with E-state index in [-0.39, 0.29) is 5.72 Å². The second kappa shape index (κ2) is 3.56. The normalized spacial score (nSPS) is 36.2. The molecule has 0 bridgehead atoms. The lowest BCUT2D eigenvalue weighted by Crippen LogP contribution is -2.59. The van der Waals surface area contributed by atoms with Gasteiger partial charge in [-0.3, -0.25) is 10.2 Å². The van der Waals surface area contributed by atoms with E-state index in [2.05, 4.69) is 24.1 Å². The lowest BCUT2D eigenvalue weighted by molar-refractivity contribution is -0.110. The molecule has 2 aliphatic rings. The van der Waals surface area contributed by atoms with Crippen LogP contribution in [0, 0.1) is 0 Å². The van der Waals surface area contributed by atoms with Crippen molar-refractivity contribution in [2.75, 3.05) is 26.2 Å². The molecule has 0 radical (unpaired) electrons. The van der Waals surface area contributed by atoms with Crippen molar-refractivity contribution in [1.29, 1.82) is 0 Å². The summed E-state index contributed by atoms with van der Waals surface area (Å²) in [5.74, 6) is 0. The SMILES string of the molecule is CC(C)N1CCO[C@]2(CCN2)CC1. The Morgan fingerprint density at radius 1 is 1.31 bits per heavy atom. The van der Waals surface area contributed by atoms with E-state index in [1.165, 1.54) is 13.0 Å². The molecule has 0 saturated carbocycles. The van der Waals surface area contributed by atoms with Gasteiger partial charge in [0.15, 0.2) is 0 Å². The molecule has 2 rings (SSSR count). The van der Waals surface area contributed by atoms with Crippen LogP contribution in [0.25, 0.3) is 0 Å². The van der Waals surface area contributed by atoms with Gasteiger partial charge in [0.2, 0.25) is 0 Å². The fourth-order valence-corrected chi connectivity index (χ4v) is 2.12. The number of hydrogen-bond acceptors (Lipinski definition) is 3. The Kier molecular flexibility index (Phi) is 2.58. The number of nitrogens with one attached hydrogen (secondary N) is 1. The van der Waals surface area contributed by atoms with Gasteiger partial charge < -0.3 is 4.74 Å². The van der Waals surface area contributed by atoms with Gasteiger partial charge in [-0.05, 0) is 13.8 Å². The zero-order chi connectivity index (χ0) is 9.31. The summed E-state index contributed by atoms with van der Waals surface area (Å²) in [5.41, 5.74) is 0.0592. The van der Waals surface area contributed by atoms with Crippen LogP contribution < -0.4 is 5.32 Å². The van der Waals surface area contributed by atoms with Crippen molar-refractivity contribution in [3.05, 3.63) is 0 Å². The monoisotopic (exact) mass is 184 g/mol. The maximum absolute atomic E-state index is 5.85. The number of hydrogen-bond donors (Lipinski definition) is 1. The van der Waals surface area contributed by atoms with E-state index in [4.69, 9.17) is 4.74 Å². The number of ether oxygens (including phenoxy) is 1. The summed E-state index contributed by atoms with van der Waals surface area (Å²) in [5, 5.41) is 3.41. The van der Waals surface area contributed by atoms with E-state index in [0.717, 1.165) is 26.1 Å². The van der Waals surface area contributed by atoms with Crippen LogP contribution in [0.4, 0.5) is 0 Å². The quantitative estimate of drug-likeness (QED) is 0.652. The van der Waals surface area contributed by atoms with Gasteiger partial charge in [-0.2, -0.15) is 0 Å². The number of rotatable bonds is 1. The Morgan fingerprint density at radius 2 is 2.08 bits per heavy atom. The van der Waals surface area contributed by atoms with Gasteiger partial charge in [0.05, 0.1) is 6.61 Å². The topological polar surface area (TPSA) is 24.5 Å². The van der Waals surface area contributed by atoms with Gasteiger partial charge in [-0.1, -0.05) is 0 Å². The van der Waals surface area contributed by atoms with Crippen LogP contribution in [0.3, 0.4) is 0 Å². The standard InChI is InChI=1S/C10H20N2O/c1-9(2)12-6-4-10(3-5-11-10)13-8-7-12/h9,11H,3-8H2,1-2H3/t10-/m1/s1. The third-order valence-corrected chi connectivity index (χ3v) is 3.27. The fraction of sp³-hybridized carbons (Fsp3) is 1.00. The van der Waals surface area contributed by atoms with Crippen molar-refractivity contribution in [1.82, 2.24) is 10.2 Å². The molecule has 0 amide bonds. The summed E-state index contributed by atoms with van der Waals surface area (Å²) in [6.07, 6.45) is 2.34. The van der Waals surface area contributed by atoms with Crippen LogP contribution in [0.1, 0.15) is 26.7 Å². The molecule has 0 unspecified atom stereocenters. The summed E-state index contributed by atoms with van der Waals surface area (Å²) in [6, 6.07) is 0.652. The lowest BCUT2D eigenvalue weighted by atomic mass is 9.98. The first kappa shape index (κ1) is 9.44. The van der Waals surface area contributed by atoms with E-state index < -0.39 is 0 Å². The molecule has 0 aliphatic carbocycles. The third-order valence-electron chi connectivity index (χ3n) is 3.27. The van der Waals surface area contributed by atoms with E-state index in [1.807, 2.05) is 0 Å². The lowest BCUT2D eigenvalue weighted by Gasteiger charge is -2.42. The molecule has 0 aromatic rings. The van der Waals surface area contributed by atoms with E-state index >= 15 is 0 Å². The minimum absolute atomic E-state index is 0.0592. The fourth-order valence-electron chi connectivity index (χ4n) is 2.12. The molecule has 13 heavy (non-hydrogen) atoms. The molecular formula is C10H20N2O. The maximum atomic E-state index is 5.85. The van der Waals surface area contributed by atoms with Crippen LogP contribution in [0.2, 0.25) is 0 Å². The van der Waals surface area contributed by atoms with Gasteiger partial charge in [-0.25, -0.2) is 0 Å². The predicted octanol–water partition coefficient (Wildman–Crippen LogP) is 0.807. The Hall–Kier alpha value is -0.120. The minimum atomic E-state index is 0.0592. The smallest absolute Gasteiger partial charge is 0.121 e. The first-order valence-electron chi connectivity index (χ1n) is 5.35. The van der Waals surface area contributed by atoms with Gasteiger partial charge in [0.25, 0.3) is 0 Å². The first-order valence-corrected chi connectivity index (χ1v) is 5.35. The molecule has 3 heteroatoms. The van der Waals surface area contributed by atoms with Crippen LogP contribution in [-0.2, 0) is 4.74 Å². The van der Waals surface area contributed by atoms with Crippen LogP contribution >= 0.6 is 0 Å². The highest BCUT2D eigenvalue weighted by atomic mass is 16.5. The molecule has 76 valence electrons. The first-order chi connectivity index (χ1) is 6.22.